The molecule has 0 spiro atoms. The second-order valence-corrected chi connectivity index (χ2v) is 6.34. The van der Waals surface area contributed by atoms with E-state index in [-0.39, 0.29) is 12.5 Å². The third-order valence-corrected chi connectivity index (χ3v) is 4.73. The van der Waals surface area contributed by atoms with E-state index in [0.717, 1.165) is 36.3 Å². The predicted octanol–water partition coefficient (Wildman–Crippen LogP) is 4.05. The van der Waals surface area contributed by atoms with E-state index in [1.165, 1.54) is 5.56 Å². The second-order valence-electron chi connectivity index (χ2n) is 5.93. The van der Waals surface area contributed by atoms with Gasteiger partial charge in [-0.05, 0) is 43.0 Å². The Bertz CT molecular complexity index is 761. The zero-order chi connectivity index (χ0) is 17.1. The SMILES string of the molecule is COc1cc(Cl)c(C)cc1NCC(=O)N1CCCc2ccccc21. The molecule has 1 aliphatic heterocycles. The van der Waals surface area contributed by atoms with Crippen LogP contribution in [0.5, 0.6) is 5.75 Å². The summed E-state index contributed by atoms with van der Waals surface area (Å²) in [4.78, 5) is 14.5. The molecule has 1 aliphatic rings. The summed E-state index contributed by atoms with van der Waals surface area (Å²) < 4.78 is 5.34. The van der Waals surface area contributed by atoms with Crippen molar-refractivity contribution in [3.63, 3.8) is 0 Å². The van der Waals surface area contributed by atoms with Crippen molar-refractivity contribution in [1.82, 2.24) is 0 Å². The summed E-state index contributed by atoms with van der Waals surface area (Å²) in [6.45, 7) is 2.90. The highest BCUT2D eigenvalue weighted by molar-refractivity contribution is 6.31. The largest absolute Gasteiger partial charge is 0.495 e. The van der Waals surface area contributed by atoms with Gasteiger partial charge < -0.3 is 15.0 Å². The molecule has 4 nitrogen and oxygen atoms in total. The lowest BCUT2D eigenvalue weighted by Gasteiger charge is -2.29. The number of nitrogens with one attached hydrogen (secondary N) is 1. The minimum atomic E-state index is 0.0526. The van der Waals surface area contributed by atoms with Crippen LogP contribution in [0.1, 0.15) is 17.5 Å². The molecule has 1 heterocycles. The number of rotatable bonds is 4. The van der Waals surface area contributed by atoms with Gasteiger partial charge in [-0.1, -0.05) is 29.8 Å². The lowest BCUT2D eigenvalue weighted by Crippen LogP contribution is -2.39. The first-order valence-electron chi connectivity index (χ1n) is 8.06. The molecule has 3 rings (SSSR count). The van der Waals surface area contributed by atoms with Crippen molar-refractivity contribution in [3.8, 4) is 5.75 Å². The minimum absolute atomic E-state index is 0.0526. The number of ether oxygens (including phenoxy) is 1. The molecule has 0 unspecified atom stereocenters. The molecule has 2 aromatic rings. The van der Waals surface area contributed by atoms with Gasteiger partial charge in [0.25, 0.3) is 0 Å². The maximum atomic E-state index is 12.7. The molecule has 0 saturated heterocycles. The van der Waals surface area contributed by atoms with Crippen LogP contribution in [-0.4, -0.2) is 26.1 Å². The zero-order valence-corrected chi connectivity index (χ0v) is 14.7. The average Bonchev–Trinajstić information content (AvgIpc) is 2.61. The second kappa shape index (κ2) is 7.14. The van der Waals surface area contributed by atoms with E-state index in [4.69, 9.17) is 16.3 Å². The molecule has 0 bridgehead atoms. The molecule has 126 valence electrons. The fourth-order valence-electron chi connectivity index (χ4n) is 3.03. The Morgan fingerprint density at radius 3 is 2.92 bits per heavy atom. The van der Waals surface area contributed by atoms with Gasteiger partial charge in [0, 0.05) is 23.3 Å². The lowest BCUT2D eigenvalue weighted by atomic mass is 10.0. The number of anilines is 2. The molecule has 0 aromatic heterocycles. The monoisotopic (exact) mass is 344 g/mol. The van der Waals surface area contributed by atoms with Crippen molar-refractivity contribution in [1.29, 1.82) is 0 Å². The fourth-order valence-corrected chi connectivity index (χ4v) is 3.18. The summed E-state index contributed by atoms with van der Waals surface area (Å²) in [6.07, 6.45) is 2.02. The van der Waals surface area contributed by atoms with E-state index in [1.807, 2.05) is 36.1 Å². The van der Waals surface area contributed by atoms with Crippen LogP contribution in [0.15, 0.2) is 36.4 Å². The van der Waals surface area contributed by atoms with Gasteiger partial charge in [-0.15, -0.1) is 0 Å². The molecule has 5 heteroatoms. The first-order valence-corrected chi connectivity index (χ1v) is 8.44. The summed E-state index contributed by atoms with van der Waals surface area (Å²) in [6, 6.07) is 11.8. The van der Waals surface area contributed by atoms with E-state index in [1.54, 1.807) is 13.2 Å². The maximum Gasteiger partial charge on any atom is 0.246 e. The van der Waals surface area contributed by atoms with Crippen molar-refractivity contribution < 1.29 is 9.53 Å². The number of para-hydroxylation sites is 1. The Kier molecular flexibility index (Phi) is 4.95. The Morgan fingerprint density at radius 2 is 2.12 bits per heavy atom. The first kappa shape index (κ1) is 16.7. The zero-order valence-electron chi connectivity index (χ0n) is 13.9. The smallest absolute Gasteiger partial charge is 0.246 e. The Labute approximate surface area is 147 Å². The van der Waals surface area contributed by atoms with Gasteiger partial charge in [0.05, 0.1) is 19.3 Å². The van der Waals surface area contributed by atoms with E-state index in [2.05, 4.69) is 11.4 Å². The van der Waals surface area contributed by atoms with E-state index >= 15 is 0 Å². The van der Waals surface area contributed by atoms with Gasteiger partial charge in [0.15, 0.2) is 0 Å². The van der Waals surface area contributed by atoms with Gasteiger partial charge in [-0.3, -0.25) is 4.79 Å². The fraction of sp³-hybridized carbons (Fsp3) is 0.316. The number of methoxy groups -OCH3 is 1. The van der Waals surface area contributed by atoms with Crippen molar-refractivity contribution in [2.45, 2.75) is 19.8 Å². The topological polar surface area (TPSA) is 41.6 Å². The van der Waals surface area contributed by atoms with Crippen molar-refractivity contribution in [3.05, 3.63) is 52.5 Å². The molecule has 1 N–H and O–H groups in total. The Hall–Kier alpha value is -2.20. The predicted molar refractivity (Wildman–Crippen MR) is 98.3 cm³/mol. The highest BCUT2D eigenvalue weighted by Crippen LogP contribution is 2.31. The highest BCUT2D eigenvalue weighted by atomic mass is 35.5. The maximum absolute atomic E-state index is 12.7. The molecule has 2 aromatic carbocycles. The number of carbonyl (C=O) groups excluding carboxylic acids is 1. The Morgan fingerprint density at radius 1 is 1.33 bits per heavy atom. The molecule has 0 aliphatic carbocycles. The van der Waals surface area contributed by atoms with Crippen LogP contribution >= 0.6 is 11.6 Å². The number of amides is 1. The minimum Gasteiger partial charge on any atom is -0.495 e. The van der Waals surface area contributed by atoms with Crippen LogP contribution < -0.4 is 15.0 Å². The third kappa shape index (κ3) is 3.34. The van der Waals surface area contributed by atoms with Gasteiger partial charge >= 0.3 is 0 Å². The average molecular weight is 345 g/mol. The van der Waals surface area contributed by atoms with E-state index < -0.39 is 0 Å². The highest BCUT2D eigenvalue weighted by Gasteiger charge is 2.22. The summed E-state index contributed by atoms with van der Waals surface area (Å²) in [7, 11) is 1.59. The van der Waals surface area contributed by atoms with Crippen LogP contribution in [0.4, 0.5) is 11.4 Å². The number of fused-ring (bicyclic) bond motifs is 1. The Balaban J connectivity index is 1.74. The first-order chi connectivity index (χ1) is 11.6. The number of aryl methyl sites for hydroxylation is 2. The molecular formula is C19H21ClN2O2. The molecular weight excluding hydrogens is 324 g/mol. The van der Waals surface area contributed by atoms with Crippen LogP contribution in [0.3, 0.4) is 0 Å². The molecule has 0 fully saturated rings. The molecule has 0 saturated carbocycles. The number of halogens is 1. The van der Waals surface area contributed by atoms with Crippen LogP contribution in [-0.2, 0) is 11.2 Å². The summed E-state index contributed by atoms with van der Waals surface area (Å²) in [5, 5.41) is 3.83. The van der Waals surface area contributed by atoms with Gasteiger partial charge in [0.1, 0.15) is 5.75 Å². The van der Waals surface area contributed by atoms with Crippen LogP contribution in [0.25, 0.3) is 0 Å². The van der Waals surface area contributed by atoms with Gasteiger partial charge in [-0.25, -0.2) is 0 Å². The summed E-state index contributed by atoms with van der Waals surface area (Å²) in [5.41, 5.74) is 3.97. The third-order valence-electron chi connectivity index (χ3n) is 4.32. The van der Waals surface area contributed by atoms with Gasteiger partial charge in [0.2, 0.25) is 5.91 Å². The number of hydrogen-bond acceptors (Lipinski definition) is 3. The van der Waals surface area contributed by atoms with Crippen molar-refractivity contribution in [2.24, 2.45) is 0 Å². The molecule has 0 radical (unpaired) electrons. The van der Waals surface area contributed by atoms with Crippen molar-refractivity contribution >= 4 is 28.9 Å². The van der Waals surface area contributed by atoms with Crippen LogP contribution in [0, 0.1) is 6.92 Å². The van der Waals surface area contributed by atoms with Gasteiger partial charge in [-0.2, -0.15) is 0 Å². The van der Waals surface area contributed by atoms with Crippen molar-refractivity contribution in [2.75, 3.05) is 30.4 Å². The van der Waals surface area contributed by atoms with Crippen LogP contribution in [0.2, 0.25) is 5.02 Å². The summed E-state index contributed by atoms with van der Waals surface area (Å²) >= 11 is 6.12. The number of nitrogens with zero attached hydrogens (tertiary/aromatic N) is 1. The number of hydrogen-bond donors (Lipinski definition) is 1. The van der Waals surface area contributed by atoms with E-state index in [0.29, 0.717) is 10.8 Å². The normalized spacial score (nSPS) is 13.4. The standard InChI is InChI=1S/C19H21ClN2O2/c1-13-10-16(18(24-2)11-15(13)20)21-12-19(23)22-9-5-7-14-6-3-4-8-17(14)22/h3-4,6,8,10-11,21H,5,7,9,12H2,1-2H3. The number of carbonyl (C=O) groups is 1. The van der Waals surface area contributed by atoms with E-state index in [9.17, 15) is 4.79 Å². The lowest BCUT2D eigenvalue weighted by molar-refractivity contribution is -0.117. The number of benzene rings is 2. The molecule has 24 heavy (non-hydrogen) atoms. The summed E-state index contributed by atoms with van der Waals surface area (Å²) in [5.74, 6) is 0.689. The quantitative estimate of drug-likeness (QED) is 0.909. The molecule has 1 amide bonds. The molecule has 0 atom stereocenters.